The second-order valence-electron chi connectivity index (χ2n) is 8.95. The lowest BCUT2D eigenvalue weighted by atomic mass is 9.88. The quantitative estimate of drug-likeness (QED) is 0.201. The molecule has 3 unspecified atom stereocenters. The van der Waals surface area contributed by atoms with Crippen LogP contribution in [-0.2, 0) is 0 Å². The van der Waals surface area contributed by atoms with Crippen LogP contribution in [0.3, 0.4) is 0 Å². The zero-order valence-corrected chi connectivity index (χ0v) is 19.7. The summed E-state index contributed by atoms with van der Waals surface area (Å²) in [6.45, 7) is 9.77. The molecular formula is C21H44N4O6. The molecule has 31 heavy (non-hydrogen) atoms. The van der Waals surface area contributed by atoms with Crippen LogP contribution in [0.5, 0.6) is 0 Å². The Labute approximate surface area is 186 Å². The second-order valence-corrected chi connectivity index (χ2v) is 8.95. The van der Waals surface area contributed by atoms with Crippen molar-refractivity contribution in [3.63, 3.8) is 0 Å². The van der Waals surface area contributed by atoms with E-state index in [0.717, 1.165) is 38.6 Å². The second kappa shape index (κ2) is 18.2. The molecule has 0 aliphatic heterocycles. The van der Waals surface area contributed by atoms with E-state index in [-0.39, 0.29) is 49.2 Å². The van der Waals surface area contributed by atoms with Crippen molar-refractivity contribution in [2.24, 2.45) is 17.8 Å². The van der Waals surface area contributed by atoms with E-state index in [9.17, 15) is 20.2 Å². The molecule has 0 saturated heterocycles. The summed E-state index contributed by atoms with van der Waals surface area (Å²) in [7, 11) is 0. The van der Waals surface area contributed by atoms with Crippen LogP contribution in [0.15, 0.2) is 0 Å². The fourth-order valence-electron chi connectivity index (χ4n) is 3.84. The molecule has 0 bridgehead atoms. The molecule has 0 spiro atoms. The normalized spacial score (nSPS) is 14.7. The fraction of sp³-hybridized carbons (Fsp3) is 1.00. The molecule has 0 aliphatic carbocycles. The van der Waals surface area contributed by atoms with Crippen LogP contribution in [0.2, 0.25) is 0 Å². The van der Waals surface area contributed by atoms with E-state index in [1.807, 2.05) is 4.90 Å². The number of hydrogen-bond donors (Lipinski definition) is 2. The maximum absolute atomic E-state index is 10.6. The molecule has 0 radical (unpaired) electrons. The van der Waals surface area contributed by atoms with E-state index in [1.165, 1.54) is 0 Å². The van der Waals surface area contributed by atoms with Gasteiger partial charge in [-0.2, -0.15) is 0 Å². The van der Waals surface area contributed by atoms with E-state index < -0.39 is 0 Å². The number of nitro groups is 2. The molecule has 0 amide bonds. The predicted octanol–water partition coefficient (Wildman–Crippen LogP) is 1.99. The molecule has 0 saturated carbocycles. The van der Waals surface area contributed by atoms with Gasteiger partial charge in [-0.05, 0) is 50.1 Å². The molecule has 0 fully saturated rings. The van der Waals surface area contributed by atoms with Gasteiger partial charge in [0.15, 0.2) is 0 Å². The first-order chi connectivity index (χ1) is 14.7. The standard InChI is InChI=1S/C21H44N4O6/c1-19(6-8-23(14-16-26)15-17-27)4-5-20(2)18-21(3)7-9-22(10-12-24(28)29)11-13-25(30)31/h19-21,26-27H,4-18H2,1-3H3. The van der Waals surface area contributed by atoms with Gasteiger partial charge in [-0.3, -0.25) is 30.0 Å². The van der Waals surface area contributed by atoms with Crippen molar-refractivity contribution >= 4 is 0 Å². The first kappa shape index (κ1) is 29.6. The highest BCUT2D eigenvalue weighted by Gasteiger charge is 2.16. The predicted molar refractivity (Wildman–Crippen MR) is 121 cm³/mol. The molecule has 0 aromatic rings. The minimum atomic E-state index is -0.376. The average Bonchev–Trinajstić information content (AvgIpc) is 2.69. The molecular weight excluding hydrogens is 404 g/mol. The van der Waals surface area contributed by atoms with Crippen molar-refractivity contribution in [3.8, 4) is 0 Å². The molecule has 0 heterocycles. The van der Waals surface area contributed by atoms with Crippen molar-refractivity contribution in [3.05, 3.63) is 20.2 Å². The largest absolute Gasteiger partial charge is 0.395 e. The van der Waals surface area contributed by atoms with Crippen molar-refractivity contribution in [1.82, 2.24) is 9.80 Å². The lowest BCUT2D eigenvalue weighted by Crippen LogP contribution is -2.34. The number of hydrogen-bond acceptors (Lipinski definition) is 8. The zero-order valence-electron chi connectivity index (χ0n) is 19.7. The third-order valence-electron chi connectivity index (χ3n) is 5.86. The highest BCUT2D eigenvalue weighted by atomic mass is 16.6. The van der Waals surface area contributed by atoms with Gasteiger partial charge in [0.05, 0.1) is 26.3 Å². The third kappa shape index (κ3) is 18.0. The Balaban J connectivity index is 4.19. The Morgan fingerprint density at radius 2 is 1.03 bits per heavy atom. The first-order valence-corrected chi connectivity index (χ1v) is 11.6. The Morgan fingerprint density at radius 3 is 1.48 bits per heavy atom. The summed E-state index contributed by atoms with van der Waals surface area (Å²) in [6.07, 6.45) is 5.28. The maximum Gasteiger partial charge on any atom is 0.216 e. The Bertz CT molecular complexity index is 459. The maximum atomic E-state index is 10.6. The minimum absolute atomic E-state index is 0.110. The lowest BCUT2D eigenvalue weighted by Gasteiger charge is -2.24. The van der Waals surface area contributed by atoms with Crippen molar-refractivity contribution in [2.75, 3.05) is 65.6 Å². The van der Waals surface area contributed by atoms with E-state index in [0.29, 0.717) is 37.4 Å². The minimum Gasteiger partial charge on any atom is -0.395 e. The summed E-state index contributed by atoms with van der Waals surface area (Å²) in [5, 5.41) is 39.4. The highest BCUT2D eigenvalue weighted by molar-refractivity contribution is 4.67. The van der Waals surface area contributed by atoms with E-state index >= 15 is 0 Å². The first-order valence-electron chi connectivity index (χ1n) is 11.6. The summed E-state index contributed by atoms with van der Waals surface area (Å²) in [6, 6.07) is 0. The zero-order chi connectivity index (χ0) is 23.6. The average molecular weight is 449 g/mol. The van der Waals surface area contributed by atoms with E-state index in [4.69, 9.17) is 10.2 Å². The van der Waals surface area contributed by atoms with E-state index in [1.54, 1.807) is 0 Å². The monoisotopic (exact) mass is 448 g/mol. The van der Waals surface area contributed by atoms with Gasteiger partial charge in [0.25, 0.3) is 0 Å². The number of rotatable bonds is 21. The number of aliphatic hydroxyl groups excluding tert-OH is 2. The highest BCUT2D eigenvalue weighted by Crippen LogP contribution is 2.23. The van der Waals surface area contributed by atoms with Gasteiger partial charge in [-0.1, -0.05) is 33.6 Å². The molecule has 10 heteroatoms. The van der Waals surface area contributed by atoms with Gasteiger partial charge in [0, 0.05) is 22.9 Å². The molecule has 2 N–H and O–H groups in total. The van der Waals surface area contributed by atoms with Crippen LogP contribution in [0.1, 0.15) is 52.9 Å². The van der Waals surface area contributed by atoms with Crippen LogP contribution < -0.4 is 0 Å². The Morgan fingerprint density at radius 1 is 0.645 bits per heavy atom. The van der Waals surface area contributed by atoms with Gasteiger partial charge < -0.3 is 10.2 Å². The van der Waals surface area contributed by atoms with E-state index in [2.05, 4.69) is 25.7 Å². The van der Waals surface area contributed by atoms with Crippen molar-refractivity contribution < 1.29 is 20.1 Å². The van der Waals surface area contributed by atoms with Gasteiger partial charge in [0.1, 0.15) is 0 Å². The summed E-state index contributed by atoms with van der Waals surface area (Å²) in [5.74, 6) is 1.62. The summed E-state index contributed by atoms with van der Waals surface area (Å²) < 4.78 is 0. The molecule has 3 atom stereocenters. The molecule has 0 aromatic carbocycles. The summed E-state index contributed by atoms with van der Waals surface area (Å²) >= 11 is 0. The molecule has 0 aromatic heterocycles. The molecule has 0 aliphatic rings. The number of nitrogens with zero attached hydrogens (tertiary/aromatic N) is 4. The van der Waals surface area contributed by atoms with Crippen LogP contribution in [-0.4, -0.2) is 95.4 Å². The van der Waals surface area contributed by atoms with Gasteiger partial charge in [-0.25, -0.2) is 0 Å². The van der Waals surface area contributed by atoms with Gasteiger partial charge >= 0.3 is 0 Å². The van der Waals surface area contributed by atoms with Crippen molar-refractivity contribution in [1.29, 1.82) is 0 Å². The van der Waals surface area contributed by atoms with Crippen molar-refractivity contribution in [2.45, 2.75) is 52.9 Å². The van der Waals surface area contributed by atoms with Crippen LogP contribution >= 0.6 is 0 Å². The smallest absolute Gasteiger partial charge is 0.216 e. The van der Waals surface area contributed by atoms with Gasteiger partial charge in [0.2, 0.25) is 13.1 Å². The molecule has 10 nitrogen and oxygen atoms in total. The summed E-state index contributed by atoms with van der Waals surface area (Å²) in [5.41, 5.74) is 0. The van der Waals surface area contributed by atoms with Crippen LogP contribution in [0, 0.1) is 38.0 Å². The number of aliphatic hydroxyl groups is 2. The SMILES string of the molecule is CC(CCC(C)CC(C)CCN(CC[N+](=O)[O-])CC[N+](=O)[O-])CCN(CCO)CCO. The lowest BCUT2D eigenvalue weighted by molar-refractivity contribution is -0.487. The summed E-state index contributed by atoms with van der Waals surface area (Å²) in [4.78, 5) is 24.4. The topological polar surface area (TPSA) is 133 Å². The van der Waals surface area contributed by atoms with Crippen LogP contribution in [0.4, 0.5) is 0 Å². The van der Waals surface area contributed by atoms with Crippen LogP contribution in [0.25, 0.3) is 0 Å². The third-order valence-corrected chi connectivity index (χ3v) is 5.86. The Kier molecular flexibility index (Phi) is 17.4. The molecule has 0 rings (SSSR count). The Hall–Kier alpha value is -1.36. The fourth-order valence-corrected chi connectivity index (χ4v) is 3.84. The van der Waals surface area contributed by atoms with Gasteiger partial charge in [-0.15, -0.1) is 0 Å². The molecule has 184 valence electrons.